The first kappa shape index (κ1) is 15.1. The Hall–Kier alpha value is -2.27. The smallest absolute Gasteiger partial charge is 0.175 e. The molecule has 0 aliphatic rings. The zero-order chi connectivity index (χ0) is 15.6. The molecular formula is C15H16ClN3O2. The molecule has 1 aromatic carbocycles. The molecule has 0 aliphatic carbocycles. The van der Waals surface area contributed by atoms with Gasteiger partial charge >= 0.3 is 0 Å². The lowest BCUT2D eigenvalue weighted by atomic mass is 10.1. The van der Waals surface area contributed by atoms with Gasteiger partial charge in [-0.25, -0.2) is 0 Å². The summed E-state index contributed by atoms with van der Waals surface area (Å²) in [6.07, 6.45) is 0. The second-order valence-electron chi connectivity index (χ2n) is 4.72. The summed E-state index contributed by atoms with van der Waals surface area (Å²) in [4.78, 5) is 4.30. The molecule has 0 aliphatic heterocycles. The van der Waals surface area contributed by atoms with E-state index in [1.165, 1.54) is 0 Å². The number of oxime groups is 1. The van der Waals surface area contributed by atoms with Crippen LogP contribution < -0.4 is 10.5 Å². The van der Waals surface area contributed by atoms with E-state index in [-0.39, 0.29) is 5.84 Å². The second kappa shape index (κ2) is 6.01. The number of hydrogen-bond acceptors (Lipinski definition) is 4. The van der Waals surface area contributed by atoms with Crippen LogP contribution in [0.2, 0.25) is 5.02 Å². The van der Waals surface area contributed by atoms with Crippen molar-refractivity contribution in [2.75, 3.05) is 0 Å². The maximum absolute atomic E-state index is 8.92. The van der Waals surface area contributed by atoms with Gasteiger partial charge in [0.1, 0.15) is 11.5 Å². The highest BCUT2D eigenvalue weighted by Crippen LogP contribution is 2.30. The molecule has 0 amide bonds. The monoisotopic (exact) mass is 305 g/mol. The number of nitrogens with zero attached hydrogens (tertiary/aromatic N) is 2. The third-order valence-electron chi connectivity index (χ3n) is 3.01. The summed E-state index contributed by atoms with van der Waals surface area (Å²) in [5, 5.41) is 12.6. The van der Waals surface area contributed by atoms with Crippen LogP contribution in [0, 0.1) is 20.8 Å². The summed E-state index contributed by atoms with van der Waals surface area (Å²) in [5.41, 5.74) is 8.50. The molecule has 0 saturated carbocycles. The molecule has 110 valence electrons. The van der Waals surface area contributed by atoms with Crippen molar-refractivity contribution in [1.29, 1.82) is 0 Å². The lowest BCUT2D eigenvalue weighted by molar-refractivity contribution is 0.318. The van der Waals surface area contributed by atoms with Gasteiger partial charge in [0.2, 0.25) is 0 Å². The largest absolute Gasteiger partial charge is 0.456 e. The summed E-state index contributed by atoms with van der Waals surface area (Å²) in [6, 6.07) is 7.08. The highest BCUT2D eigenvalue weighted by Gasteiger charge is 2.15. The van der Waals surface area contributed by atoms with Crippen molar-refractivity contribution in [3.05, 3.63) is 51.8 Å². The van der Waals surface area contributed by atoms with Crippen molar-refractivity contribution in [3.8, 4) is 11.5 Å². The Morgan fingerprint density at radius 1 is 1.29 bits per heavy atom. The molecule has 2 rings (SSSR count). The molecule has 0 atom stereocenters. The van der Waals surface area contributed by atoms with Crippen molar-refractivity contribution in [1.82, 2.24) is 4.98 Å². The molecule has 1 heterocycles. The molecule has 0 spiro atoms. The first-order valence-corrected chi connectivity index (χ1v) is 6.70. The lowest BCUT2D eigenvalue weighted by Gasteiger charge is -2.14. The van der Waals surface area contributed by atoms with Gasteiger partial charge in [-0.3, -0.25) is 4.98 Å². The molecule has 1 aromatic heterocycles. The molecule has 0 bridgehead atoms. The van der Waals surface area contributed by atoms with Crippen LogP contribution in [0.5, 0.6) is 11.5 Å². The molecule has 0 fully saturated rings. The van der Waals surface area contributed by atoms with Crippen molar-refractivity contribution in [3.63, 3.8) is 0 Å². The fraction of sp³-hybridized carbons (Fsp3) is 0.200. The number of nitrogens with two attached hydrogens (primary N) is 1. The molecule has 0 unspecified atom stereocenters. The van der Waals surface area contributed by atoms with Gasteiger partial charge in [0, 0.05) is 16.8 Å². The first-order chi connectivity index (χ1) is 9.92. The van der Waals surface area contributed by atoms with E-state index in [0.29, 0.717) is 27.8 Å². The van der Waals surface area contributed by atoms with E-state index in [0.717, 1.165) is 11.3 Å². The fourth-order valence-corrected chi connectivity index (χ4v) is 2.16. The predicted octanol–water partition coefficient (Wildman–Crippen LogP) is 3.55. The Labute approximate surface area is 128 Å². The number of hydrogen-bond donors (Lipinski definition) is 2. The minimum Gasteiger partial charge on any atom is -0.456 e. The summed E-state index contributed by atoms with van der Waals surface area (Å²) in [6.45, 7) is 5.52. The molecule has 6 heteroatoms. The zero-order valence-electron chi connectivity index (χ0n) is 12.0. The SMILES string of the molecule is Cc1cc(Oc2ccc(Cl)c(C)c2)c(/C(N)=N/O)c(C)n1. The van der Waals surface area contributed by atoms with Crippen LogP contribution in [0.15, 0.2) is 29.4 Å². The molecule has 5 nitrogen and oxygen atoms in total. The number of benzene rings is 1. The average molecular weight is 306 g/mol. The maximum Gasteiger partial charge on any atom is 0.175 e. The average Bonchev–Trinajstić information content (AvgIpc) is 2.41. The third kappa shape index (κ3) is 3.25. The number of ether oxygens (including phenoxy) is 1. The standard InChI is InChI=1S/C15H16ClN3O2/c1-8-6-11(4-5-12(8)16)21-13-7-9(2)18-10(3)14(13)15(17)19-20/h4-7,20H,1-3H3,(H2,17,19). The summed E-state index contributed by atoms with van der Waals surface area (Å²) >= 11 is 6.00. The number of halogens is 1. The van der Waals surface area contributed by atoms with Crippen LogP contribution in [0.25, 0.3) is 0 Å². The van der Waals surface area contributed by atoms with Crippen LogP contribution >= 0.6 is 11.6 Å². The van der Waals surface area contributed by atoms with Gasteiger partial charge in [-0.15, -0.1) is 0 Å². The van der Waals surface area contributed by atoms with Gasteiger partial charge in [0.05, 0.1) is 11.3 Å². The van der Waals surface area contributed by atoms with E-state index < -0.39 is 0 Å². The Morgan fingerprint density at radius 2 is 2.00 bits per heavy atom. The molecule has 0 saturated heterocycles. The zero-order valence-corrected chi connectivity index (χ0v) is 12.8. The number of amidine groups is 1. The van der Waals surface area contributed by atoms with Crippen LogP contribution in [-0.4, -0.2) is 16.0 Å². The van der Waals surface area contributed by atoms with Gasteiger partial charge < -0.3 is 15.7 Å². The van der Waals surface area contributed by atoms with Gasteiger partial charge in [-0.2, -0.15) is 0 Å². The quantitative estimate of drug-likeness (QED) is 0.393. The highest BCUT2D eigenvalue weighted by molar-refractivity contribution is 6.31. The molecule has 2 aromatic rings. The Bertz CT molecular complexity index is 714. The van der Waals surface area contributed by atoms with Crippen LogP contribution in [-0.2, 0) is 0 Å². The molecule has 3 N–H and O–H groups in total. The van der Waals surface area contributed by atoms with E-state index in [1.807, 2.05) is 19.9 Å². The van der Waals surface area contributed by atoms with Gasteiger partial charge in [0.15, 0.2) is 5.84 Å². The highest BCUT2D eigenvalue weighted by atomic mass is 35.5. The summed E-state index contributed by atoms with van der Waals surface area (Å²) in [5.74, 6) is 1.06. The first-order valence-electron chi connectivity index (χ1n) is 6.32. The molecule has 0 radical (unpaired) electrons. The lowest BCUT2D eigenvalue weighted by Crippen LogP contribution is -2.17. The predicted molar refractivity (Wildman–Crippen MR) is 82.5 cm³/mol. The van der Waals surface area contributed by atoms with Gasteiger partial charge in [0.25, 0.3) is 0 Å². The van der Waals surface area contributed by atoms with E-state index in [9.17, 15) is 0 Å². The van der Waals surface area contributed by atoms with Crippen LogP contribution in [0.4, 0.5) is 0 Å². The number of rotatable bonds is 3. The van der Waals surface area contributed by atoms with Crippen molar-refractivity contribution >= 4 is 17.4 Å². The van der Waals surface area contributed by atoms with Crippen molar-refractivity contribution in [2.45, 2.75) is 20.8 Å². The minimum absolute atomic E-state index is 0.0410. The van der Waals surface area contributed by atoms with E-state index in [2.05, 4.69) is 10.1 Å². The number of aromatic nitrogens is 1. The summed E-state index contributed by atoms with van der Waals surface area (Å²) < 4.78 is 5.86. The van der Waals surface area contributed by atoms with Crippen molar-refractivity contribution < 1.29 is 9.94 Å². The Kier molecular flexibility index (Phi) is 4.33. The van der Waals surface area contributed by atoms with Gasteiger partial charge in [-0.1, -0.05) is 16.8 Å². The number of aryl methyl sites for hydroxylation is 3. The molecule has 21 heavy (non-hydrogen) atoms. The van der Waals surface area contributed by atoms with Gasteiger partial charge in [-0.05, 0) is 44.5 Å². The van der Waals surface area contributed by atoms with Crippen molar-refractivity contribution in [2.24, 2.45) is 10.9 Å². The second-order valence-corrected chi connectivity index (χ2v) is 5.13. The summed E-state index contributed by atoms with van der Waals surface area (Å²) in [7, 11) is 0. The van der Waals surface area contributed by atoms with E-state index in [1.54, 1.807) is 25.1 Å². The molecular weight excluding hydrogens is 290 g/mol. The minimum atomic E-state index is -0.0410. The normalized spacial score (nSPS) is 11.5. The van der Waals surface area contributed by atoms with Crippen LogP contribution in [0.3, 0.4) is 0 Å². The topological polar surface area (TPSA) is 80.7 Å². The number of pyridine rings is 1. The third-order valence-corrected chi connectivity index (χ3v) is 3.44. The van der Waals surface area contributed by atoms with E-state index >= 15 is 0 Å². The fourth-order valence-electron chi connectivity index (χ4n) is 2.04. The van der Waals surface area contributed by atoms with E-state index in [4.69, 9.17) is 27.3 Å². The Balaban J connectivity index is 2.50. The Morgan fingerprint density at radius 3 is 2.62 bits per heavy atom. The van der Waals surface area contributed by atoms with Crippen LogP contribution in [0.1, 0.15) is 22.5 Å². The maximum atomic E-state index is 8.92.